The van der Waals surface area contributed by atoms with Crippen molar-refractivity contribution < 1.29 is 4.74 Å². The first-order valence-corrected chi connectivity index (χ1v) is 47.5. The predicted molar refractivity (Wildman–Crippen MR) is 563 cm³/mol. The van der Waals surface area contributed by atoms with Gasteiger partial charge in [-0.2, -0.15) is 0 Å². The van der Waals surface area contributed by atoms with Gasteiger partial charge in [0.2, 0.25) is 0 Å². The minimum Gasteiger partial charge on any atom is -0.494 e. The van der Waals surface area contributed by atoms with E-state index in [1.54, 1.807) is 0 Å². The Labute approximate surface area is 801 Å². The molecule has 0 aromatic heterocycles. The molecule has 0 fully saturated rings. The molecule has 5 heterocycles. The summed E-state index contributed by atoms with van der Waals surface area (Å²) in [5.74, 6) is 0.897. The summed E-state index contributed by atoms with van der Waals surface area (Å²) in [6.07, 6.45) is -0.0738. The average molecular weight is 1920 g/mol. The van der Waals surface area contributed by atoms with Crippen molar-refractivity contribution in [3.8, 4) is 5.75 Å². The number of hydrogen-bond acceptors (Lipinski definition) is 11. The Morgan fingerprint density at radius 2 is 0.458 bits per heavy atom. The Kier molecular flexibility index (Phi) is 29.7. The van der Waals surface area contributed by atoms with Crippen molar-refractivity contribution in [3.63, 3.8) is 0 Å². The third-order valence-corrected chi connectivity index (χ3v) is 26.3. The average Bonchev–Trinajstić information content (AvgIpc) is 1.70. The number of halogens is 3. The van der Waals surface area contributed by atoms with Gasteiger partial charge in [-0.1, -0.05) is 347 Å². The second kappa shape index (κ2) is 42.7. The molecular formula is C117H111BrClIN10O. The summed E-state index contributed by atoms with van der Waals surface area (Å²) in [6.45, 7) is 24.4. The van der Waals surface area contributed by atoms with Gasteiger partial charge in [-0.05, 0) is 264 Å². The number of nitrogens with zero attached hydrogens (tertiary/aromatic N) is 10. The van der Waals surface area contributed by atoms with Crippen LogP contribution in [0.5, 0.6) is 5.75 Å². The van der Waals surface area contributed by atoms with Gasteiger partial charge in [0.05, 0.1) is 65.4 Å². The molecule has 14 heteroatoms. The van der Waals surface area contributed by atoms with E-state index in [2.05, 4.69) is 496 Å². The molecule has 131 heavy (non-hydrogen) atoms. The van der Waals surface area contributed by atoms with E-state index in [-0.39, 0.29) is 61.0 Å². The first-order chi connectivity index (χ1) is 63.8. The standard InChI is InChI=1S/C25H26N2O.C23H21BrN2.C23H21ClN2.C23H21IN2.C23H22N2/c1-4-28-23-16-14-22(15-17-23)27-19(3)24(20-12-10-18(2)11-13-20)26-25(27)21-8-6-5-7-9-21;3*1-16-8-10-18(11-9-16)22-17(2)26(21-14-12-20(24)13-15-21)23(25-22)19-6-4-3-5-7-19;1-17-13-15-19(16-14-17)22-18(2)25(21-11-7-4-8-12-21)23(24-22)20-9-5-3-6-10-20/h5-17,19,25H,4H2,1-3H3;3*3-15,17,23H,1-2H3;3-16,18,23H,1-2H3. The fourth-order valence-corrected chi connectivity index (χ4v) is 18.6. The van der Waals surface area contributed by atoms with Crippen LogP contribution in [0.15, 0.2) is 430 Å². The van der Waals surface area contributed by atoms with Crippen molar-refractivity contribution in [1.29, 1.82) is 0 Å². The summed E-state index contributed by atoms with van der Waals surface area (Å²) in [4.78, 5) is 37.7. The second-order valence-electron chi connectivity index (χ2n) is 33.9. The van der Waals surface area contributed by atoms with Crippen LogP contribution in [0, 0.1) is 38.2 Å². The fraction of sp³-hybridized carbons (Fsp3) is 0.188. The Hall–Kier alpha value is -13.1. The summed E-state index contributed by atoms with van der Waals surface area (Å²) in [5.41, 5.74) is 29.9. The first-order valence-electron chi connectivity index (χ1n) is 45.3. The molecule has 5 aliphatic rings. The SMILES string of the molecule is CCOc1ccc(N2C(C)C(c3ccc(C)cc3)=NC2c2ccccc2)cc1.Cc1ccc(C2=NC(c3ccccc3)N(c3ccc(Br)cc3)C2C)cc1.Cc1ccc(C2=NC(c3ccccc3)N(c3ccc(Cl)cc3)C2C)cc1.Cc1ccc(C2=NC(c3ccccc3)N(c3ccc(I)cc3)C2C)cc1.Cc1ccc(C2=NC(c3ccccc3)N(c3ccccc3)C2C)cc1. The minimum absolute atomic E-state index is 0.00237. The molecule has 0 spiro atoms. The molecule has 0 saturated carbocycles. The maximum atomic E-state index is 6.10. The zero-order valence-corrected chi connectivity index (χ0v) is 80.6. The zero-order chi connectivity index (χ0) is 91.0. The third kappa shape index (κ3) is 21.5. The Morgan fingerprint density at radius 3 is 0.687 bits per heavy atom. The van der Waals surface area contributed by atoms with Crippen LogP contribution in [-0.4, -0.2) is 65.4 Å². The number of aliphatic imine (C=N–C) groups is 5. The van der Waals surface area contributed by atoms with Gasteiger partial charge in [0.15, 0.2) is 0 Å². The Bertz CT molecular complexity index is 6020. The minimum atomic E-state index is -0.0383. The Morgan fingerprint density at radius 1 is 0.260 bits per heavy atom. The monoisotopic (exact) mass is 1910 g/mol. The summed E-state index contributed by atoms with van der Waals surface area (Å²) in [7, 11) is 0. The highest BCUT2D eigenvalue weighted by atomic mass is 127. The highest BCUT2D eigenvalue weighted by Crippen LogP contribution is 2.44. The van der Waals surface area contributed by atoms with Crippen molar-refractivity contribution in [1.82, 2.24) is 0 Å². The van der Waals surface area contributed by atoms with Crippen molar-refractivity contribution in [2.75, 3.05) is 31.1 Å². The van der Waals surface area contributed by atoms with Gasteiger partial charge in [-0.3, -0.25) is 25.0 Å². The molecule has 0 N–H and O–H groups in total. The zero-order valence-electron chi connectivity index (χ0n) is 76.1. The fourth-order valence-electron chi connectivity index (χ4n) is 17.9. The van der Waals surface area contributed by atoms with E-state index in [9.17, 15) is 0 Å². The third-order valence-electron chi connectivity index (χ3n) is 24.8. The van der Waals surface area contributed by atoms with E-state index in [0.717, 1.165) is 55.2 Å². The number of aryl methyl sites for hydroxylation is 5. The molecule has 0 bridgehead atoms. The smallest absolute Gasteiger partial charge is 0.148 e. The molecule has 11 nitrogen and oxygen atoms in total. The van der Waals surface area contributed by atoms with Crippen LogP contribution in [0.4, 0.5) is 28.4 Å². The van der Waals surface area contributed by atoms with E-state index < -0.39 is 0 Å². The van der Waals surface area contributed by atoms with Crippen LogP contribution in [0.3, 0.4) is 0 Å². The van der Waals surface area contributed by atoms with E-state index in [0.29, 0.717) is 6.61 Å². The first kappa shape index (κ1) is 91.3. The topological polar surface area (TPSA) is 87.2 Å². The van der Waals surface area contributed by atoms with Gasteiger partial charge in [0.1, 0.15) is 36.6 Å². The van der Waals surface area contributed by atoms with Gasteiger partial charge in [0, 0.05) is 41.5 Å². The lowest BCUT2D eigenvalue weighted by Gasteiger charge is -2.30. The van der Waals surface area contributed by atoms with Crippen LogP contribution in [0.25, 0.3) is 0 Å². The number of benzene rings is 15. The lowest BCUT2D eigenvalue weighted by molar-refractivity contribution is 0.340. The molecular weight excluding hydrogens is 1800 g/mol. The van der Waals surface area contributed by atoms with Crippen LogP contribution in [0.2, 0.25) is 5.02 Å². The molecule has 0 aliphatic carbocycles. The van der Waals surface area contributed by atoms with E-state index in [4.69, 9.17) is 41.3 Å². The van der Waals surface area contributed by atoms with Gasteiger partial charge < -0.3 is 29.2 Å². The lowest BCUT2D eigenvalue weighted by atomic mass is 10.0. The largest absolute Gasteiger partial charge is 0.494 e. The van der Waals surface area contributed by atoms with Crippen LogP contribution >= 0.6 is 50.1 Å². The molecule has 10 unspecified atom stereocenters. The summed E-state index contributed by atoms with van der Waals surface area (Å²) >= 11 is 12.0. The lowest BCUT2D eigenvalue weighted by Crippen LogP contribution is -2.35. The van der Waals surface area contributed by atoms with Crippen LogP contribution < -0.4 is 29.2 Å². The van der Waals surface area contributed by atoms with E-state index in [1.807, 2.05) is 43.3 Å². The maximum Gasteiger partial charge on any atom is 0.148 e. The van der Waals surface area contributed by atoms with Crippen LogP contribution in [0.1, 0.15) is 156 Å². The van der Waals surface area contributed by atoms with Crippen molar-refractivity contribution in [3.05, 3.63) is 497 Å². The normalized spacial score (nSPS) is 19.4. The molecule has 10 atom stereocenters. The van der Waals surface area contributed by atoms with Gasteiger partial charge in [0.25, 0.3) is 0 Å². The predicted octanol–water partition coefficient (Wildman–Crippen LogP) is 29.4. The Balaban J connectivity index is 0.000000120. The molecule has 656 valence electrons. The van der Waals surface area contributed by atoms with Crippen molar-refractivity contribution in [2.45, 2.75) is 137 Å². The number of rotatable bonds is 17. The van der Waals surface area contributed by atoms with Gasteiger partial charge >= 0.3 is 0 Å². The molecule has 20 rings (SSSR count). The quantitative estimate of drug-likeness (QED) is 0.0844. The molecule has 0 amide bonds. The number of anilines is 5. The van der Waals surface area contributed by atoms with Gasteiger partial charge in [-0.25, -0.2) is 0 Å². The molecule has 0 saturated heterocycles. The maximum absolute atomic E-state index is 6.10. The van der Waals surface area contributed by atoms with Crippen molar-refractivity contribution in [2.24, 2.45) is 25.0 Å². The summed E-state index contributed by atoms with van der Waals surface area (Å²) < 4.78 is 7.95. The second-order valence-corrected chi connectivity index (χ2v) is 36.5. The summed E-state index contributed by atoms with van der Waals surface area (Å²) in [6, 6.07) is 141. The van der Waals surface area contributed by atoms with Crippen molar-refractivity contribution >= 4 is 107 Å². The molecule has 15 aromatic carbocycles. The molecule has 5 aliphatic heterocycles. The van der Waals surface area contributed by atoms with Crippen LogP contribution in [-0.2, 0) is 0 Å². The number of ether oxygens (including phenoxy) is 1. The number of hydrogen-bond donors (Lipinski definition) is 0. The molecule has 0 radical (unpaired) electrons. The summed E-state index contributed by atoms with van der Waals surface area (Å²) in [5, 5.41) is 0.747. The highest BCUT2D eigenvalue weighted by molar-refractivity contribution is 14.1. The van der Waals surface area contributed by atoms with E-state index in [1.165, 1.54) is 104 Å². The molecule has 15 aromatic rings. The van der Waals surface area contributed by atoms with Gasteiger partial charge in [-0.15, -0.1) is 0 Å². The number of para-hydroxylation sites is 1. The highest BCUT2D eigenvalue weighted by Gasteiger charge is 2.41. The van der Waals surface area contributed by atoms with E-state index >= 15 is 0 Å².